The summed E-state index contributed by atoms with van der Waals surface area (Å²) in [5, 5.41) is 3.17. The molecular weight excluding hydrogens is 370 g/mol. The molecule has 0 bridgehead atoms. The summed E-state index contributed by atoms with van der Waals surface area (Å²) < 4.78 is 1.13. The minimum atomic E-state index is -0.0380. The highest BCUT2D eigenvalue weighted by Crippen LogP contribution is 2.46. The number of amides is 1. The molecule has 5 rings (SSSR count). The van der Waals surface area contributed by atoms with Crippen LogP contribution in [0.5, 0.6) is 0 Å². The highest BCUT2D eigenvalue weighted by molar-refractivity contribution is 9.10. The normalized spacial score (nSPS) is 32.8. The van der Waals surface area contributed by atoms with Crippen LogP contribution in [0.4, 0.5) is 0 Å². The average molecular weight is 390 g/mol. The number of halogens is 1. The number of carbonyl (C=O) groups excluding carboxylic acids is 1. The summed E-state index contributed by atoms with van der Waals surface area (Å²) in [6.07, 6.45) is 1.80. The molecule has 0 aliphatic carbocycles. The van der Waals surface area contributed by atoms with Crippen molar-refractivity contribution in [3.63, 3.8) is 0 Å². The van der Waals surface area contributed by atoms with E-state index >= 15 is 0 Å². The van der Waals surface area contributed by atoms with Gasteiger partial charge in [-0.05, 0) is 37.5 Å². The van der Waals surface area contributed by atoms with Crippen LogP contribution in [0.25, 0.3) is 10.9 Å². The molecule has 0 radical (unpaired) electrons. The molecular formula is C18H20BrN3O2. The van der Waals surface area contributed by atoms with E-state index in [1.807, 2.05) is 19.0 Å². The van der Waals surface area contributed by atoms with Crippen molar-refractivity contribution in [3.05, 3.63) is 33.9 Å². The van der Waals surface area contributed by atoms with E-state index < -0.39 is 0 Å². The topological polar surface area (TPSA) is 48.6 Å². The van der Waals surface area contributed by atoms with Gasteiger partial charge in [0.1, 0.15) is 0 Å². The van der Waals surface area contributed by atoms with Gasteiger partial charge >= 0.3 is 0 Å². The second kappa shape index (κ2) is 5.07. The van der Waals surface area contributed by atoms with Crippen molar-refractivity contribution in [1.29, 1.82) is 0 Å². The maximum atomic E-state index is 13.1. The molecule has 2 saturated heterocycles. The van der Waals surface area contributed by atoms with Crippen LogP contribution in [-0.4, -0.2) is 46.6 Å². The fourth-order valence-corrected chi connectivity index (χ4v) is 5.52. The quantitative estimate of drug-likeness (QED) is 0.753. The Hall–Kier alpha value is -1.37. The lowest BCUT2D eigenvalue weighted by Gasteiger charge is -2.44. The van der Waals surface area contributed by atoms with Gasteiger partial charge in [-0.15, -0.1) is 0 Å². The molecule has 4 heterocycles. The Morgan fingerprint density at radius 3 is 3.04 bits per heavy atom. The summed E-state index contributed by atoms with van der Waals surface area (Å²) in [6.45, 7) is 2.80. The number of piperidine rings is 1. The molecule has 4 atom stereocenters. The fourth-order valence-electron chi connectivity index (χ4n) is 4.91. The molecule has 0 saturated carbocycles. The van der Waals surface area contributed by atoms with Crippen molar-refractivity contribution in [3.8, 4) is 0 Å². The van der Waals surface area contributed by atoms with Crippen LogP contribution in [0, 0.1) is 5.92 Å². The van der Waals surface area contributed by atoms with E-state index in [1.165, 1.54) is 16.6 Å². The van der Waals surface area contributed by atoms with Crippen LogP contribution in [0.1, 0.15) is 30.6 Å². The maximum absolute atomic E-state index is 13.1. The number of H-pyrrole nitrogens is 1. The number of hydrogen-bond acceptors (Lipinski definition) is 3. The van der Waals surface area contributed by atoms with E-state index in [1.54, 1.807) is 0 Å². The number of carbonyl (C=O) groups is 1. The summed E-state index contributed by atoms with van der Waals surface area (Å²) in [5.74, 6) is 0.209. The molecule has 1 aromatic carbocycles. The minimum Gasteiger partial charge on any atom is -0.356 e. The molecule has 2 fully saturated rings. The van der Waals surface area contributed by atoms with Gasteiger partial charge in [0.15, 0.2) is 0 Å². The Morgan fingerprint density at radius 1 is 1.38 bits per heavy atom. The number of aromatic nitrogens is 1. The summed E-state index contributed by atoms with van der Waals surface area (Å²) in [5.41, 5.74) is 3.72. The predicted molar refractivity (Wildman–Crippen MR) is 94.4 cm³/mol. The molecule has 3 aliphatic heterocycles. The summed E-state index contributed by atoms with van der Waals surface area (Å²) in [6, 6.07) is 6.54. The molecule has 0 spiro atoms. The van der Waals surface area contributed by atoms with Gasteiger partial charge in [-0.25, -0.2) is 0 Å². The van der Waals surface area contributed by atoms with E-state index in [-0.39, 0.29) is 30.0 Å². The minimum absolute atomic E-state index is 0.0355. The third-order valence-corrected chi connectivity index (χ3v) is 6.64. The molecule has 5 nitrogen and oxygen atoms in total. The molecule has 1 amide bonds. The van der Waals surface area contributed by atoms with Crippen molar-refractivity contribution in [1.82, 2.24) is 14.9 Å². The third-order valence-electron chi connectivity index (χ3n) is 5.97. The highest BCUT2D eigenvalue weighted by Gasteiger charge is 2.52. The standard InChI is InChI=1S/C18H20BrN3O2/c1-9-15-13(21(2)24-9)8-14-17-10(6-7-22(14)18(15)23)16-11(19)4-3-5-12(16)20-17/h3-5,9,13-15,20H,6-8H2,1-2H3/t9-,13-,14-,15-/m0/s1. The van der Waals surface area contributed by atoms with Crippen LogP contribution < -0.4 is 0 Å². The zero-order valence-electron chi connectivity index (χ0n) is 13.8. The van der Waals surface area contributed by atoms with Crippen LogP contribution >= 0.6 is 15.9 Å². The van der Waals surface area contributed by atoms with Gasteiger partial charge < -0.3 is 9.88 Å². The van der Waals surface area contributed by atoms with Crippen LogP contribution in [0.15, 0.2) is 22.7 Å². The molecule has 1 N–H and O–H groups in total. The number of hydroxylamine groups is 2. The van der Waals surface area contributed by atoms with Crippen molar-refractivity contribution < 1.29 is 9.63 Å². The van der Waals surface area contributed by atoms with E-state index in [9.17, 15) is 4.79 Å². The molecule has 126 valence electrons. The highest BCUT2D eigenvalue weighted by atomic mass is 79.9. The van der Waals surface area contributed by atoms with Gasteiger partial charge in [-0.2, -0.15) is 5.06 Å². The van der Waals surface area contributed by atoms with Gasteiger partial charge in [-0.3, -0.25) is 9.63 Å². The number of rotatable bonds is 0. The first-order valence-electron chi connectivity index (χ1n) is 8.55. The average Bonchev–Trinajstić information content (AvgIpc) is 3.06. The lowest BCUT2D eigenvalue weighted by molar-refractivity contribution is -0.146. The fraction of sp³-hybridized carbons (Fsp3) is 0.500. The largest absolute Gasteiger partial charge is 0.356 e. The van der Waals surface area contributed by atoms with E-state index in [0.717, 1.165) is 29.4 Å². The van der Waals surface area contributed by atoms with Crippen LogP contribution in [0.3, 0.4) is 0 Å². The predicted octanol–water partition coefficient (Wildman–Crippen LogP) is 3.01. The summed E-state index contributed by atoms with van der Waals surface area (Å²) >= 11 is 3.69. The molecule has 3 aliphatic rings. The Kier molecular flexibility index (Phi) is 3.15. The van der Waals surface area contributed by atoms with Crippen molar-refractivity contribution in [2.45, 2.75) is 38.0 Å². The number of hydrogen-bond donors (Lipinski definition) is 1. The maximum Gasteiger partial charge on any atom is 0.230 e. The third kappa shape index (κ3) is 1.85. The van der Waals surface area contributed by atoms with Crippen molar-refractivity contribution >= 4 is 32.7 Å². The van der Waals surface area contributed by atoms with E-state index in [2.05, 4.69) is 44.0 Å². The first-order chi connectivity index (χ1) is 11.6. The van der Waals surface area contributed by atoms with Gasteiger partial charge in [0.05, 0.1) is 24.1 Å². The Bertz CT molecular complexity index is 848. The van der Waals surface area contributed by atoms with Crippen molar-refractivity contribution in [2.24, 2.45) is 5.92 Å². The Labute approximate surface area is 149 Å². The number of benzene rings is 1. The van der Waals surface area contributed by atoms with E-state index in [0.29, 0.717) is 0 Å². The van der Waals surface area contributed by atoms with Gasteiger partial charge in [-0.1, -0.05) is 22.0 Å². The number of nitrogens with one attached hydrogen (secondary N) is 1. The Morgan fingerprint density at radius 2 is 2.21 bits per heavy atom. The van der Waals surface area contributed by atoms with Gasteiger partial charge in [0.25, 0.3) is 0 Å². The zero-order chi connectivity index (χ0) is 16.6. The molecule has 2 aromatic rings. The lowest BCUT2D eigenvalue weighted by atomic mass is 9.81. The number of nitrogens with zero attached hydrogens (tertiary/aromatic N) is 2. The summed E-state index contributed by atoms with van der Waals surface area (Å²) in [7, 11) is 1.95. The smallest absolute Gasteiger partial charge is 0.230 e. The van der Waals surface area contributed by atoms with Crippen LogP contribution in [0.2, 0.25) is 0 Å². The number of fused-ring (bicyclic) bond motifs is 6. The molecule has 6 heteroatoms. The van der Waals surface area contributed by atoms with Crippen LogP contribution in [-0.2, 0) is 16.1 Å². The molecule has 24 heavy (non-hydrogen) atoms. The van der Waals surface area contributed by atoms with Gasteiger partial charge in [0, 0.05) is 34.7 Å². The second-order valence-electron chi connectivity index (χ2n) is 7.16. The Balaban J connectivity index is 1.63. The zero-order valence-corrected chi connectivity index (χ0v) is 15.3. The molecule has 0 unspecified atom stereocenters. The first-order valence-corrected chi connectivity index (χ1v) is 9.34. The molecule has 1 aromatic heterocycles. The van der Waals surface area contributed by atoms with E-state index in [4.69, 9.17) is 4.84 Å². The first kappa shape index (κ1) is 14.9. The second-order valence-corrected chi connectivity index (χ2v) is 8.02. The van der Waals surface area contributed by atoms with Crippen molar-refractivity contribution in [2.75, 3.05) is 13.6 Å². The lowest BCUT2D eigenvalue weighted by Crippen LogP contribution is -2.54. The monoisotopic (exact) mass is 389 g/mol. The summed E-state index contributed by atoms with van der Waals surface area (Å²) in [4.78, 5) is 24.6. The van der Waals surface area contributed by atoms with Gasteiger partial charge in [0.2, 0.25) is 5.91 Å². The SMILES string of the molecule is C[C@@H]1ON(C)[C@H]2C[C@H]3c4[nH]c5cccc(Br)c5c4CCN3C(=O)[C@@H]12. The number of aromatic amines is 1.